The van der Waals surface area contributed by atoms with E-state index in [0.717, 1.165) is 0 Å². The maximum atomic E-state index is 13.0. The van der Waals surface area contributed by atoms with Gasteiger partial charge < -0.3 is 15.3 Å². The molecule has 6 heteroatoms. The van der Waals surface area contributed by atoms with Gasteiger partial charge in [-0.1, -0.05) is 5.16 Å². The molecule has 0 saturated carbocycles. The number of nitrogens with two attached hydrogens (primary N) is 1. The van der Waals surface area contributed by atoms with E-state index >= 15 is 0 Å². The van der Waals surface area contributed by atoms with Gasteiger partial charge in [-0.3, -0.25) is 0 Å². The number of pyridine rings is 1. The first-order chi connectivity index (χ1) is 7.20. The van der Waals surface area contributed by atoms with E-state index in [1.807, 2.05) is 0 Å². The van der Waals surface area contributed by atoms with Crippen LogP contribution in [0.3, 0.4) is 0 Å². The van der Waals surface area contributed by atoms with Gasteiger partial charge >= 0.3 is 0 Å². The number of fused-ring (bicyclic) bond motifs is 1. The van der Waals surface area contributed by atoms with Crippen molar-refractivity contribution < 1.29 is 9.60 Å². The Kier molecular flexibility index (Phi) is 2.24. The molecule has 0 aliphatic rings. The summed E-state index contributed by atoms with van der Waals surface area (Å²) in [7, 11) is 0. The van der Waals surface area contributed by atoms with Crippen molar-refractivity contribution in [1.29, 1.82) is 0 Å². The molecule has 0 unspecified atom stereocenters. The Morgan fingerprint density at radius 1 is 1.60 bits per heavy atom. The summed E-state index contributed by atoms with van der Waals surface area (Å²) >= 11 is 0. The molecule has 2 heterocycles. The van der Waals surface area contributed by atoms with E-state index in [1.54, 1.807) is 16.7 Å². The summed E-state index contributed by atoms with van der Waals surface area (Å²) in [6.07, 6.45) is 3.09. The third-order valence-corrected chi connectivity index (χ3v) is 2.04. The first-order valence-electron chi connectivity index (χ1n) is 4.28. The molecule has 15 heavy (non-hydrogen) atoms. The van der Waals surface area contributed by atoms with Crippen LogP contribution in [0, 0.1) is 5.82 Å². The van der Waals surface area contributed by atoms with Crippen molar-refractivity contribution in [3.63, 3.8) is 0 Å². The minimum Gasteiger partial charge on any atom is -0.409 e. The molecule has 0 spiro atoms. The van der Waals surface area contributed by atoms with Crippen LogP contribution < -0.4 is 5.73 Å². The lowest BCUT2D eigenvalue weighted by Gasteiger charge is -2.00. The summed E-state index contributed by atoms with van der Waals surface area (Å²) in [6, 6.07) is 2.89. The number of halogens is 1. The Bertz CT molecular complexity index is 520. The molecule has 0 aliphatic carbocycles. The van der Waals surface area contributed by atoms with Crippen molar-refractivity contribution in [1.82, 2.24) is 9.38 Å². The molecule has 0 aromatic carbocycles. The Labute approximate surface area is 84.6 Å². The number of rotatable bonds is 2. The van der Waals surface area contributed by atoms with Crippen LogP contribution in [-0.2, 0) is 6.42 Å². The van der Waals surface area contributed by atoms with Crippen molar-refractivity contribution in [2.45, 2.75) is 6.42 Å². The second kappa shape index (κ2) is 3.56. The number of amidine groups is 1. The zero-order valence-corrected chi connectivity index (χ0v) is 7.76. The Morgan fingerprint density at radius 2 is 2.40 bits per heavy atom. The number of hydrogen-bond donors (Lipinski definition) is 2. The van der Waals surface area contributed by atoms with Crippen LogP contribution in [0.2, 0.25) is 0 Å². The van der Waals surface area contributed by atoms with Crippen LogP contribution in [0.4, 0.5) is 4.39 Å². The molecule has 0 bridgehead atoms. The highest BCUT2D eigenvalue weighted by molar-refractivity contribution is 5.81. The summed E-state index contributed by atoms with van der Waals surface area (Å²) in [4.78, 5) is 4.05. The first kappa shape index (κ1) is 9.45. The van der Waals surface area contributed by atoms with Gasteiger partial charge in [0.1, 0.15) is 17.3 Å². The maximum Gasteiger partial charge on any atom is 0.145 e. The molecule has 3 N–H and O–H groups in total. The van der Waals surface area contributed by atoms with Crippen LogP contribution >= 0.6 is 0 Å². The molecule has 0 radical (unpaired) electrons. The summed E-state index contributed by atoms with van der Waals surface area (Å²) in [5.74, 6) is -0.303. The Balaban J connectivity index is 2.48. The van der Waals surface area contributed by atoms with Crippen molar-refractivity contribution in [3.8, 4) is 0 Å². The van der Waals surface area contributed by atoms with E-state index < -0.39 is 0 Å². The van der Waals surface area contributed by atoms with E-state index in [9.17, 15) is 4.39 Å². The van der Waals surface area contributed by atoms with Crippen molar-refractivity contribution >= 4 is 11.5 Å². The van der Waals surface area contributed by atoms with Gasteiger partial charge in [-0.15, -0.1) is 0 Å². The van der Waals surface area contributed by atoms with Crippen LogP contribution in [0.25, 0.3) is 5.65 Å². The minimum absolute atomic E-state index is 0.0565. The van der Waals surface area contributed by atoms with E-state index in [2.05, 4.69) is 10.1 Å². The van der Waals surface area contributed by atoms with Gasteiger partial charge in [0.05, 0.1) is 12.1 Å². The Hall–Kier alpha value is -2.11. The third-order valence-electron chi connectivity index (χ3n) is 2.04. The standard InChI is InChI=1S/C9H9FN4O/c10-6-1-2-9-12-4-7(14(9)5-6)3-8(11)13-15/h1-2,4-5,15H,3H2,(H2,11,13). The molecule has 78 valence electrons. The first-order valence-corrected chi connectivity index (χ1v) is 4.28. The topological polar surface area (TPSA) is 75.9 Å². The summed E-state index contributed by atoms with van der Waals surface area (Å²) in [5.41, 5.74) is 6.65. The zero-order chi connectivity index (χ0) is 10.8. The van der Waals surface area contributed by atoms with Gasteiger partial charge in [0.2, 0.25) is 0 Å². The largest absolute Gasteiger partial charge is 0.409 e. The normalized spacial score (nSPS) is 12.2. The van der Waals surface area contributed by atoms with E-state index in [-0.39, 0.29) is 18.1 Å². The molecular formula is C9H9FN4O. The summed E-state index contributed by atoms with van der Waals surface area (Å²) < 4.78 is 14.5. The average molecular weight is 208 g/mol. The highest BCUT2D eigenvalue weighted by Gasteiger charge is 2.05. The highest BCUT2D eigenvalue weighted by atomic mass is 19.1. The molecule has 2 aromatic rings. The third kappa shape index (κ3) is 1.74. The summed E-state index contributed by atoms with van der Waals surface area (Å²) in [5, 5.41) is 11.3. The molecule has 2 rings (SSSR count). The SMILES string of the molecule is N/C(Cc1cnc2ccc(F)cn12)=N\O. The quantitative estimate of drug-likeness (QED) is 0.331. The lowest BCUT2D eigenvalue weighted by molar-refractivity contribution is 0.317. The fourth-order valence-electron chi connectivity index (χ4n) is 1.36. The minimum atomic E-state index is -0.360. The van der Waals surface area contributed by atoms with Crippen LogP contribution in [0.5, 0.6) is 0 Å². The van der Waals surface area contributed by atoms with Crippen molar-refractivity contribution in [3.05, 3.63) is 36.0 Å². The van der Waals surface area contributed by atoms with Crippen LogP contribution in [0.1, 0.15) is 5.69 Å². The number of oxime groups is 1. The van der Waals surface area contributed by atoms with E-state index in [1.165, 1.54) is 12.3 Å². The predicted octanol–water partition coefficient (Wildman–Crippen LogP) is 0.762. The highest BCUT2D eigenvalue weighted by Crippen LogP contribution is 2.08. The Morgan fingerprint density at radius 3 is 3.13 bits per heavy atom. The summed E-state index contributed by atoms with van der Waals surface area (Å²) in [6.45, 7) is 0. The molecule has 0 atom stereocenters. The molecule has 5 nitrogen and oxygen atoms in total. The van der Waals surface area contributed by atoms with Gasteiger partial charge in [0.15, 0.2) is 0 Å². The second-order valence-electron chi connectivity index (χ2n) is 3.09. The second-order valence-corrected chi connectivity index (χ2v) is 3.09. The van der Waals surface area contributed by atoms with Gasteiger partial charge in [-0.25, -0.2) is 9.37 Å². The van der Waals surface area contributed by atoms with E-state index in [4.69, 9.17) is 10.9 Å². The fourth-order valence-corrected chi connectivity index (χ4v) is 1.36. The molecule has 2 aromatic heterocycles. The zero-order valence-electron chi connectivity index (χ0n) is 7.76. The number of nitrogens with zero attached hydrogens (tertiary/aromatic N) is 3. The number of hydrogen-bond acceptors (Lipinski definition) is 3. The lowest BCUT2D eigenvalue weighted by atomic mass is 10.3. The molecule has 0 fully saturated rings. The van der Waals surface area contributed by atoms with Crippen molar-refractivity contribution in [2.75, 3.05) is 0 Å². The molecular weight excluding hydrogens is 199 g/mol. The lowest BCUT2D eigenvalue weighted by Crippen LogP contribution is -2.15. The van der Waals surface area contributed by atoms with Gasteiger partial charge in [0, 0.05) is 12.4 Å². The fraction of sp³-hybridized carbons (Fsp3) is 0.111. The molecule has 0 amide bonds. The number of aromatic nitrogens is 2. The number of imidazole rings is 1. The monoisotopic (exact) mass is 208 g/mol. The molecule has 0 saturated heterocycles. The van der Waals surface area contributed by atoms with Gasteiger partial charge in [-0.05, 0) is 12.1 Å². The average Bonchev–Trinajstić information content (AvgIpc) is 2.61. The molecule has 0 aliphatic heterocycles. The van der Waals surface area contributed by atoms with Crippen molar-refractivity contribution in [2.24, 2.45) is 10.9 Å². The van der Waals surface area contributed by atoms with Gasteiger partial charge in [-0.2, -0.15) is 0 Å². The predicted molar refractivity (Wildman–Crippen MR) is 52.3 cm³/mol. The smallest absolute Gasteiger partial charge is 0.145 e. The van der Waals surface area contributed by atoms with Crippen LogP contribution in [0.15, 0.2) is 29.7 Å². The van der Waals surface area contributed by atoms with Crippen LogP contribution in [-0.4, -0.2) is 20.4 Å². The maximum absolute atomic E-state index is 13.0. The van der Waals surface area contributed by atoms with Gasteiger partial charge in [0.25, 0.3) is 0 Å². The van der Waals surface area contributed by atoms with E-state index in [0.29, 0.717) is 11.3 Å².